The molecule has 0 aliphatic carbocycles. The number of esters is 1. The zero-order valence-electron chi connectivity index (χ0n) is 16.5. The number of carbonyl (C=O) groups is 2. The molecule has 1 aromatic rings. The fourth-order valence-electron chi connectivity index (χ4n) is 3.09. The standard InChI is InChI=1S/C21H30N2O4/c1-4-6-7-8-9-14-27-20(24)18-15(3)22-21(25)23-19(18)16-10-12-17(13-11-16)26-5-2/h10-13,19H,4-9,14H2,1-3H3,(H2,22,23,25). The van der Waals surface area contributed by atoms with Crippen LogP contribution in [0.25, 0.3) is 0 Å². The number of hydrogen-bond donors (Lipinski definition) is 2. The Morgan fingerprint density at radius 3 is 2.44 bits per heavy atom. The van der Waals surface area contributed by atoms with E-state index in [0.29, 0.717) is 24.5 Å². The van der Waals surface area contributed by atoms with Crippen LogP contribution < -0.4 is 15.4 Å². The summed E-state index contributed by atoms with van der Waals surface area (Å²) in [7, 11) is 0. The van der Waals surface area contributed by atoms with Crippen molar-refractivity contribution in [2.75, 3.05) is 13.2 Å². The number of ether oxygens (including phenoxy) is 2. The van der Waals surface area contributed by atoms with Crippen LogP contribution in [0, 0.1) is 0 Å². The molecular formula is C21H30N2O4. The van der Waals surface area contributed by atoms with Crippen molar-refractivity contribution in [3.05, 3.63) is 41.1 Å². The highest BCUT2D eigenvalue weighted by molar-refractivity contribution is 5.95. The summed E-state index contributed by atoms with van der Waals surface area (Å²) in [4.78, 5) is 24.6. The van der Waals surface area contributed by atoms with E-state index in [0.717, 1.165) is 30.6 Å². The fraction of sp³-hybridized carbons (Fsp3) is 0.524. The molecule has 0 radical (unpaired) electrons. The molecule has 1 aliphatic rings. The van der Waals surface area contributed by atoms with Crippen molar-refractivity contribution in [3.63, 3.8) is 0 Å². The van der Waals surface area contributed by atoms with E-state index >= 15 is 0 Å². The third-order valence-electron chi connectivity index (χ3n) is 4.49. The van der Waals surface area contributed by atoms with Gasteiger partial charge in [0.2, 0.25) is 0 Å². The van der Waals surface area contributed by atoms with E-state index in [-0.39, 0.29) is 6.03 Å². The van der Waals surface area contributed by atoms with Crippen LogP contribution in [0.4, 0.5) is 4.79 Å². The summed E-state index contributed by atoms with van der Waals surface area (Å²) < 4.78 is 10.9. The van der Waals surface area contributed by atoms with E-state index in [9.17, 15) is 9.59 Å². The lowest BCUT2D eigenvalue weighted by Gasteiger charge is -2.28. The molecular weight excluding hydrogens is 344 g/mol. The zero-order chi connectivity index (χ0) is 19.6. The van der Waals surface area contributed by atoms with Crippen molar-refractivity contribution in [3.8, 4) is 5.75 Å². The quantitative estimate of drug-likeness (QED) is 0.475. The third kappa shape index (κ3) is 6.01. The second-order valence-electron chi connectivity index (χ2n) is 6.62. The van der Waals surface area contributed by atoms with Gasteiger partial charge in [0.1, 0.15) is 5.75 Å². The molecule has 1 heterocycles. The maximum Gasteiger partial charge on any atom is 0.338 e. The second-order valence-corrected chi connectivity index (χ2v) is 6.62. The Hall–Kier alpha value is -2.50. The van der Waals surface area contributed by atoms with Gasteiger partial charge in [0.25, 0.3) is 0 Å². The van der Waals surface area contributed by atoms with Crippen LogP contribution in [0.3, 0.4) is 0 Å². The lowest BCUT2D eigenvalue weighted by atomic mass is 9.95. The first-order chi connectivity index (χ1) is 13.1. The highest BCUT2D eigenvalue weighted by atomic mass is 16.5. The highest BCUT2D eigenvalue weighted by Crippen LogP contribution is 2.29. The first kappa shape index (κ1) is 20.8. The highest BCUT2D eigenvalue weighted by Gasteiger charge is 2.32. The number of carbonyl (C=O) groups excluding carboxylic acids is 2. The number of unbranched alkanes of at least 4 members (excludes halogenated alkanes) is 4. The van der Waals surface area contributed by atoms with Crippen LogP contribution in [-0.2, 0) is 9.53 Å². The number of benzene rings is 1. The van der Waals surface area contributed by atoms with Gasteiger partial charge in [-0.25, -0.2) is 9.59 Å². The Labute approximate surface area is 161 Å². The average molecular weight is 374 g/mol. The van der Waals surface area contributed by atoms with Gasteiger partial charge >= 0.3 is 12.0 Å². The molecule has 1 aliphatic heterocycles. The van der Waals surface area contributed by atoms with Crippen LogP contribution >= 0.6 is 0 Å². The van der Waals surface area contributed by atoms with Crippen molar-refractivity contribution >= 4 is 12.0 Å². The van der Waals surface area contributed by atoms with Gasteiger partial charge in [0, 0.05) is 5.70 Å². The molecule has 2 rings (SSSR count). The lowest BCUT2D eigenvalue weighted by Crippen LogP contribution is -2.45. The SMILES string of the molecule is CCCCCCCOC(=O)C1=C(C)NC(=O)NC1c1ccc(OCC)cc1. The van der Waals surface area contributed by atoms with Gasteiger partial charge < -0.3 is 20.1 Å². The number of hydrogen-bond acceptors (Lipinski definition) is 4. The van der Waals surface area contributed by atoms with E-state index in [4.69, 9.17) is 9.47 Å². The average Bonchev–Trinajstić information content (AvgIpc) is 2.64. The first-order valence-electron chi connectivity index (χ1n) is 9.75. The second kappa shape index (κ2) is 10.6. The van der Waals surface area contributed by atoms with Crippen molar-refractivity contribution in [2.45, 2.75) is 58.9 Å². The summed E-state index contributed by atoms with van der Waals surface area (Å²) in [6.45, 7) is 6.78. The van der Waals surface area contributed by atoms with E-state index in [1.165, 1.54) is 12.8 Å². The van der Waals surface area contributed by atoms with Crippen molar-refractivity contribution in [1.29, 1.82) is 0 Å². The number of urea groups is 1. The summed E-state index contributed by atoms with van der Waals surface area (Å²) in [6.07, 6.45) is 5.44. The van der Waals surface area contributed by atoms with E-state index in [1.807, 2.05) is 31.2 Å². The maximum absolute atomic E-state index is 12.7. The maximum atomic E-state index is 12.7. The van der Waals surface area contributed by atoms with Gasteiger partial charge in [-0.05, 0) is 38.0 Å². The predicted octanol–water partition coefficient (Wildman–Crippen LogP) is 4.23. The fourth-order valence-corrected chi connectivity index (χ4v) is 3.09. The largest absolute Gasteiger partial charge is 0.494 e. The number of allylic oxidation sites excluding steroid dienone is 1. The molecule has 0 bridgehead atoms. The predicted molar refractivity (Wildman–Crippen MR) is 104 cm³/mol. The molecule has 0 saturated heterocycles. The van der Waals surface area contributed by atoms with Crippen LogP contribution in [0.15, 0.2) is 35.5 Å². The Bertz CT molecular complexity index is 667. The summed E-state index contributed by atoms with van der Waals surface area (Å²) in [5.41, 5.74) is 1.77. The number of nitrogens with one attached hydrogen (secondary N) is 2. The minimum Gasteiger partial charge on any atom is -0.494 e. The molecule has 6 heteroatoms. The van der Waals surface area contributed by atoms with Gasteiger partial charge in [-0.1, -0.05) is 44.7 Å². The minimum atomic E-state index is -0.540. The molecule has 2 amide bonds. The van der Waals surface area contributed by atoms with Gasteiger partial charge in [-0.3, -0.25) is 0 Å². The molecule has 1 unspecified atom stereocenters. The van der Waals surface area contributed by atoms with Crippen molar-refractivity contribution < 1.29 is 19.1 Å². The van der Waals surface area contributed by atoms with Crippen molar-refractivity contribution in [2.24, 2.45) is 0 Å². The molecule has 148 valence electrons. The van der Waals surface area contributed by atoms with Gasteiger partial charge in [0.05, 0.1) is 24.8 Å². The van der Waals surface area contributed by atoms with Gasteiger partial charge in [-0.2, -0.15) is 0 Å². The summed E-state index contributed by atoms with van der Waals surface area (Å²) in [5.74, 6) is 0.354. The van der Waals surface area contributed by atoms with E-state index in [1.54, 1.807) is 6.92 Å². The lowest BCUT2D eigenvalue weighted by molar-refractivity contribution is -0.139. The summed E-state index contributed by atoms with van der Waals surface area (Å²) >= 11 is 0. The Morgan fingerprint density at radius 2 is 1.78 bits per heavy atom. The molecule has 2 N–H and O–H groups in total. The third-order valence-corrected chi connectivity index (χ3v) is 4.49. The Balaban J connectivity index is 2.07. The molecule has 0 aromatic heterocycles. The summed E-state index contributed by atoms with van der Waals surface area (Å²) in [5, 5.41) is 5.48. The zero-order valence-corrected chi connectivity index (χ0v) is 16.5. The Kier molecular flexibility index (Phi) is 8.17. The van der Waals surface area contributed by atoms with Gasteiger partial charge in [-0.15, -0.1) is 0 Å². The topological polar surface area (TPSA) is 76.7 Å². The minimum absolute atomic E-state index is 0.331. The molecule has 0 saturated carbocycles. The molecule has 0 spiro atoms. The Morgan fingerprint density at radius 1 is 1.07 bits per heavy atom. The van der Waals surface area contributed by atoms with E-state index < -0.39 is 12.0 Å². The molecule has 27 heavy (non-hydrogen) atoms. The van der Waals surface area contributed by atoms with E-state index in [2.05, 4.69) is 17.6 Å². The van der Waals surface area contributed by atoms with Gasteiger partial charge in [0.15, 0.2) is 0 Å². The van der Waals surface area contributed by atoms with Crippen LogP contribution in [0.2, 0.25) is 0 Å². The van der Waals surface area contributed by atoms with Crippen molar-refractivity contribution in [1.82, 2.24) is 10.6 Å². The summed E-state index contributed by atoms with van der Waals surface area (Å²) in [6, 6.07) is 6.50. The number of amides is 2. The normalized spacial score (nSPS) is 16.6. The number of rotatable bonds is 10. The molecule has 0 fully saturated rings. The molecule has 1 atom stereocenters. The van der Waals surface area contributed by atoms with Crippen LogP contribution in [0.5, 0.6) is 5.75 Å². The van der Waals surface area contributed by atoms with Crippen LogP contribution in [-0.4, -0.2) is 25.2 Å². The smallest absolute Gasteiger partial charge is 0.338 e. The first-order valence-corrected chi connectivity index (χ1v) is 9.75. The van der Waals surface area contributed by atoms with Crippen LogP contribution in [0.1, 0.15) is 64.5 Å². The monoisotopic (exact) mass is 374 g/mol. The molecule has 6 nitrogen and oxygen atoms in total. The molecule has 1 aromatic carbocycles.